The van der Waals surface area contributed by atoms with Crippen LogP contribution in [0.5, 0.6) is 0 Å². The van der Waals surface area contributed by atoms with Gasteiger partial charge in [-0.3, -0.25) is 4.98 Å². The Kier molecular flexibility index (Phi) is 5.85. The minimum absolute atomic E-state index is 0.223. The first-order chi connectivity index (χ1) is 12.5. The molecule has 0 bridgehead atoms. The zero-order chi connectivity index (χ0) is 18.6. The van der Waals surface area contributed by atoms with Crippen molar-refractivity contribution in [3.05, 3.63) is 54.4 Å². The van der Waals surface area contributed by atoms with Crippen molar-refractivity contribution in [2.45, 2.75) is 30.7 Å². The standard InChI is InChI=1S/C18H22N4O2S2/c19-18(25)22(14-15-5-4-10-20-13-15)16-6-8-17(9-7-16)26(23,24)21-11-2-1-3-12-21/h4-10,13H,1-3,11-12,14H2,(H2,19,25). The van der Waals surface area contributed by atoms with E-state index in [1.54, 1.807) is 45.9 Å². The number of thiocarbonyl (C=S) groups is 1. The number of nitrogens with two attached hydrogens (primary N) is 1. The largest absolute Gasteiger partial charge is 0.376 e. The lowest BCUT2D eigenvalue weighted by molar-refractivity contribution is 0.346. The number of pyridine rings is 1. The Balaban J connectivity index is 1.81. The summed E-state index contributed by atoms with van der Waals surface area (Å²) in [6.45, 7) is 1.65. The van der Waals surface area contributed by atoms with Crippen LogP contribution in [0.15, 0.2) is 53.7 Å². The number of rotatable bonds is 5. The lowest BCUT2D eigenvalue weighted by atomic mass is 10.2. The molecule has 2 N–H and O–H groups in total. The van der Waals surface area contributed by atoms with E-state index < -0.39 is 10.0 Å². The molecular formula is C18H22N4O2S2. The Labute approximate surface area is 159 Å². The van der Waals surface area contributed by atoms with Gasteiger partial charge in [-0.05, 0) is 61.0 Å². The summed E-state index contributed by atoms with van der Waals surface area (Å²) in [5.41, 5.74) is 7.58. The molecular weight excluding hydrogens is 368 g/mol. The smallest absolute Gasteiger partial charge is 0.243 e. The molecule has 8 heteroatoms. The number of hydrogen-bond donors (Lipinski definition) is 1. The van der Waals surface area contributed by atoms with Crippen molar-refractivity contribution in [2.75, 3.05) is 18.0 Å². The van der Waals surface area contributed by atoms with E-state index in [9.17, 15) is 8.42 Å². The van der Waals surface area contributed by atoms with Crippen molar-refractivity contribution in [3.63, 3.8) is 0 Å². The molecule has 1 aliphatic rings. The van der Waals surface area contributed by atoms with Crippen LogP contribution in [0.4, 0.5) is 5.69 Å². The quantitative estimate of drug-likeness (QED) is 0.790. The van der Waals surface area contributed by atoms with Crippen LogP contribution < -0.4 is 10.6 Å². The zero-order valence-corrected chi connectivity index (χ0v) is 16.0. The Morgan fingerprint density at radius 3 is 2.42 bits per heavy atom. The van der Waals surface area contributed by atoms with Crippen LogP contribution in [0.2, 0.25) is 0 Å². The predicted molar refractivity (Wildman–Crippen MR) is 106 cm³/mol. The van der Waals surface area contributed by atoms with E-state index in [-0.39, 0.29) is 5.11 Å². The van der Waals surface area contributed by atoms with Gasteiger partial charge in [0, 0.05) is 31.2 Å². The van der Waals surface area contributed by atoms with Crippen LogP contribution in [0, 0.1) is 0 Å². The molecule has 1 saturated heterocycles. The molecule has 1 fully saturated rings. The monoisotopic (exact) mass is 390 g/mol. The maximum absolute atomic E-state index is 12.7. The molecule has 0 spiro atoms. The Morgan fingerprint density at radius 2 is 1.85 bits per heavy atom. The molecule has 2 aromatic rings. The summed E-state index contributed by atoms with van der Waals surface area (Å²) in [6, 6.07) is 10.5. The highest BCUT2D eigenvalue weighted by molar-refractivity contribution is 7.89. The van der Waals surface area contributed by atoms with Crippen LogP contribution in [0.3, 0.4) is 0 Å². The number of nitrogens with zero attached hydrogens (tertiary/aromatic N) is 3. The Morgan fingerprint density at radius 1 is 1.15 bits per heavy atom. The van der Waals surface area contributed by atoms with Crippen molar-refractivity contribution in [1.82, 2.24) is 9.29 Å². The molecule has 0 unspecified atom stereocenters. The summed E-state index contributed by atoms with van der Waals surface area (Å²) in [7, 11) is -3.44. The van der Waals surface area contributed by atoms with E-state index in [4.69, 9.17) is 18.0 Å². The molecule has 0 amide bonds. The number of piperidine rings is 1. The van der Waals surface area contributed by atoms with Gasteiger partial charge < -0.3 is 10.6 Å². The molecule has 1 aromatic heterocycles. The Hall–Kier alpha value is -2.03. The first-order valence-electron chi connectivity index (χ1n) is 8.54. The molecule has 3 rings (SSSR count). The number of sulfonamides is 1. The van der Waals surface area contributed by atoms with Crippen LogP contribution in [0.1, 0.15) is 24.8 Å². The minimum atomic E-state index is -3.44. The molecule has 1 aromatic carbocycles. The van der Waals surface area contributed by atoms with Gasteiger partial charge in [0.1, 0.15) is 0 Å². The molecule has 138 valence electrons. The first-order valence-corrected chi connectivity index (χ1v) is 10.4. The lowest BCUT2D eigenvalue weighted by Crippen LogP contribution is -2.36. The average Bonchev–Trinajstić information content (AvgIpc) is 2.67. The van der Waals surface area contributed by atoms with Gasteiger partial charge in [-0.2, -0.15) is 4.31 Å². The van der Waals surface area contributed by atoms with Gasteiger partial charge in [0.15, 0.2) is 5.11 Å². The summed E-state index contributed by atoms with van der Waals surface area (Å²) in [5, 5.41) is 0.223. The normalized spacial score (nSPS) is 15.5. The predicted octanol–water partition coefficient (Wildman–Crippen LogP) is 2.51. The third-order valence-electron chi connectivity index (χ3n) is 4.43. The lowest BCUT2D eigenvalue weighted by Gasteiger charge is -2.26. The van der Waals surface area contributed by atoms with Gasteiger partial charge >= 0.3 is 0 Å². The second kappa shape index (κ2) is 8.11. The maximum atomic E-state index is 12.7. The van der Waals surface area contributed by atoms with Gasteiger partial charge in [0.2, 0.25) is 10.0 Å². The zero-order valence-electron chi connectivity index (χ0n) is 14.4. The molecule has 26 heavy (non-hydrogen) atoms. The van der Waals surface area contributed by atoms with Crippen LogP contribution in [0.25, 0.3) is 0 Å². The highest BCUT2D eigenvalue weighted by atomic mass is 32.2. The fraction of sp³-hybridized carbons (Fsp3) is 0.333. The summed E-state index contributed by atoms with van der Waals surface area (Å²) in [4.78, 5) is 6.15. The highest BCUT2D eigenvalue weighted by Crippen LogP contribution is 2.24. The van der Waals surface area contributed by atoms with E-state index in [1.807, 2.05) is 12.1 Å². The van der Waals surface area contributed by atoms with Crippen LogP contribution in [-0.2, 0) is 16.6 Å². The number of anilines is 1. The molecule has 2 heterocycles. The van der Waals surface area contributed by atoms with Gasteiger partial charge in [-0.25, -0.2) is 8.42 Å². The number of benzene rings is 1. The van der Waals surface area contributed by atoms with Crippen LogP contribution >= 0.6 is 12.2 Å². The second-order valence-corrected chi connectivity index (χ2v) is 8.60. The fourth-order valence-electron chi connectivity index (χ4n) is 3.02. The number of hydrogen-bond acceptors (Lipinski definition) is 4. The fourth-order valence-corrected chi connectivity index (χ4v) is 4.71. The third kappa shape index (κ3) is 4.20. The van der Waals surface area contributed by atoms with E-state index in [1.165, 1.54) is 0 Å². The van der Waals surface area contributed by atoms with Crippen LogP contribution in [-0.4, -0.2) is 35.9 Å². The summed E-state index contributed by atoms with van der Waals surface area (Å²) in [6.07, 6.45) is 6.37. The minimum Gasteiger partial charge on any atom is -0.376 e. The van der Waals surface area contributed by atoms with E-state index >= 15 is 0 Å². The van der Waals surface area contributed by atoms with Gasteiger partial charge in [0.25, 0.3) is 0 Å². The maximum Gasteiger partial charge on any atom is 0.243 e. The van der Waals surface area contributed by atoms with E-state index in [0.717, 1.165) is 30.5 Å². The molecule has 0 atom stereocenters. The van der Waals surface area contributed by atoms with Gasteiger partial charge in [0.05, 0.1) is 11.4 Å². The molecule has 0 aliphatic carbocycles. The Bertz CT molecular complexity index is 849. The van der Waals surface area contributed by atoms with E-state index in [2.05, 4.69) is 4.98 Å². The van der Waals surface area contributed by atoms with Crippen molar-refractivity contribution < 1.29 is 8.42 Å². The van der Waals surface area contributed by atoms with E-state index in [0.29, 0.717) is 24.5 Å². The van der Waals surface area contributed by atoms with Gasteiger partial charge in [-0.15, -0.1) is 0 Å². The van der Waals surface area contributed by atoms with Gasteiger partial charge in [-0.1, -0.05) is 12.5 Å². The second-order valence-electron chi connectivity index (χ2n) is 6.24. The average molecular weight is 391 g/mol. The van der Waals surface area contributed by atoms with Crippen molar-refractivity contribution in [2.24, 2.45) is 5.73 Å². The highest BCUT2D eigenvalue weighted by Gasteiger charge is 2.26. The summed E-state index contributed by atoms with van der Waals surface area (Å²) < 4.78 is 27.1. The van der Waals surface area contributed by atoms with Crippen molar-refractivity contribution >= 4 is 33.0 Å². The van der Waals surface area contributed by atoms with Crippen molar-refractivity contribution in [3.8, 4) is 0 Å². The molecule has 6 nitrogen and oxygen atoms in total. The topological polar surface area (TPSA) is 79.5 Å². The molecule has 0 radical (unpaired) electrons. The van der Waals surface area contributed by atoms with Crippen molar-refractivity contribution in [1.29, 1.82) is 0 Å². The molecule has 0 saturated carbocycles. The summed E-state index contributed by atoms with van der Waals surface area (Å²) in [5.74, 6) is 0. The third-order valence-corrected chi connectivity index (χ3v) is 6.56. The first kappa shape index (κ1) is 18.8. The SMILES string of the molecule is NC(=S)N(Cc1cccnc1)c1ccc(S(=O)(=O)N2CCCCC2)cc1. The molecule has 1 aliphatic heterocycles. The summed E-state index contributed by atoms with van der Waals surface area (Å²) >= 11 is 5.16. The number of aromatic nitrogens is 1.